The SMILES string of the molecule is CC(C)(NS(C)(=O)=O)[C@H](NC(=O)c1ccc(-c2cc3ccncc3o2)cc1)C(=O)NO. The van der Waals surface area contributed by atoms with Crippen molar-refractivity contribution in [1.82, 2.24) is 20.5 Å². The van der Waals surface area contributed by atoms with E-state index in [1.807, 2.05) is 12.1 Å². The van der Waals surface area contributed by atoms with Crippen molar-refractivity contribution in [2.45, 2.75) is 25.4 Å². The van der Waals surface area contributed by atoms with Crippen LogP contribution in [0.1, 0.15) is 24.2 Å². The second-order valence-corrected chi connectivity index (χ2v) is 9.33. The number of benzene rings is 1. The molecule has 0 saturated heterocycles. The van der Waals surface area contributed by atoms with Crippen molar-refractivity contribution in [2.24, 2.45) is 0 Å². The number of amides is 2. The molecule has 0 aliphatic rings. The molecule has 0 bridgehead atoms. The predicted octanol–water partition coefficient (Wildman–Crippen LogP) is 1.43. The number of pyridine rings is 1. The van der Waals surface area contributed by atoms with Crippen molar-refractivity contribution >= 4 is 32.8 Å². The molecule has 4 N–H and O–H groups in total. The third-order valence-corrected chi connectivity index (χ3v) is 5.47. The number of carbonyl (C=O) groups excluding carboxylic acids is 2. The molecule has 0 unspecified atom stereocenters. The van der Waals surface area contributed by atoms with Crippen molar-refractivity contribution in [1.29, 1.82) is 0 Å². The molecule has 11 heteroatoms. The van der Waals surface area contributed by atoms with Gasteiger partial charge in [0, 0.05) is 22.7 Å². The summed E-state index contributed by atoms with van der Waals surface area (Å²) in [6, 6.07) is 8.74. The van der Waals surface area contributed by atoms with Gasteiger partial charge in [-0.2, -0.15) is 0 Å². The molecular formula is C20H22N4O6S. The third kappa shape index (κ3) is 5.26. The highest BCUT2D eigenvalue weighted by molar-refractivity contribution is 7.88. The van der Waals surface area contributed by atoms with Gasteiger partial charge in [0.2, 0.25) is 10.0 Å². The highest BCUT2D eigenvalue weighted by Crippen LogP contribution is 2.27. The van der Waals surface area contributed by atoms with Gasteiger partial charge in [-0.05, 0) is 38.1 Å². The molecule has 0 aliphatic carbocycles. The van der Waals surface area contributed by atoms with E-state index in [0.717, 1.165) is 17.2 Å². The van der Waals surface area contributed by atoms with E-state index in [1.54, 1.807) is 36.7 Å². The third-order valence-electron chi connectivity index (χ3n) is 4.57. The van der Waals surface area contributed by atoms with Crippen LogP contribution in [0.2, 0.25) is 0 Å². The first-order chi connectivity index (χ1) is 14.5. The average molecular weight is 446 g/mol. The first-order valence-corrected chi connectivity index (χ1v) is 11.1. The zero-order chi connectivity index (χ0) is 22.8. The van der Waals surface area contributed by atoms with Crippen molar-refractivity contribution in [2.75, 3.05) is 6.26 Å². The normalized spacial score (nSPS) is 13.0. The van der Waals surface area contributed by atoms with Crippen LogP contribution in [0.5, 0.6) is 0 Å². The molecule has 0 radical (unpaired) electrons. The number of sulfonamides is 1. The molecule has 2 amide bonds. The van der Waals surface area contributed by atoms with E-state index in [4.69, 9.17) is 9.62 Å². The van der Waals surface area contributed by atoms with Gasteiger partial charge in [0.1, 0.15) is 11.8 Å². The molecule has 31 heavy (non-hydrogen) atoms. The Morgan fingerprint density at radius 2 is 1.84 bits per heavy atom. The van der Waals surface area contributed by atoms with Gasteiger partial charge in [0.25, 0.3) is 11.8 Å². The van der Waals surface area contributed by atoms with Crippen molar-refractivity contribution in [3.8, 4) is 11.3 Å². The maximum atomic E-state index is 12.7. The Labute approximate surface area is 178 Å². The number of nitrogens with one attached hydrogen (secondary N) is 3. The molecule has 1 atom stereocenters. The minimum absolute atomic E-state index is 0.229. The standard InChI is InChI=1S/C20H22N4O6S/c1-20(2,24-31(3,28)29)17(19(26)23-27)22-18(25)13-6-4-12(5-7-13)15-10-14-8-9-21-11-16(14)30-15/h4-11,17,24,27H,1-3H3,(H,22,25)(H,23,26)/t17-/m1/s1. The van der Waals surface area contributed by atoms with Crippen LogP contribution >= 0.6 is 0 Å². The average Bonchev–Trinajstić information content (AvgIpc) is 3.13. The maximum absolute atomic E-state index is 12.7. The number of hydroxylamine groups is 1. The van der Waals surface area contributed by atoms with Crippen LogP contribution in [0.3, 0.4) is 0 Å². The minimum Gasteiger partial charge on any atom is -0.454 e. The fourth-order valence-electron chi connectivity index (χ4n) is 3.20. The van der Waals surface area contributed by atoms with Crippen molar-refractivity contribution in [3.05, 3.63) is 54.4 Å². The summed E-state index contributed by atoms with van der Waals surface area (Å²) in [5.41, 5.74) is 1.63. The lowest BCUT2D eigenvalue weighted by atomic mass is 9.94. The summed E-state index contributed by atoms with van der Waals surface area (Å²) in [6.07, 6.45) is 4.20. The smallest absolute Gasteiger partial charge is 0.267 e. The van der Waals surface area contributed by atoms with Crippen LogP contribution in [0.15, 0.2) is 53.2 Å². The lowest BCUT2D eigenvalue weighted by Crippen LogP contribution is -2.64. The molecule has 3 rings (SSSR count). The molecule has 2 heterocycles. The van der Waals surface area contributed by atoms with Crippen LogP contribution in [0.25, 0.3) is 22.3 Å². The number of aromatic nitrogens is 1. The summed E-state index contributed by atoms with van der Waals surface area (Å²) < 4.78 is 31.3. The summed E-state index contributed by atoms with van der Waals surface area (Å²) >= 11 is 0. The van der Waals surface area contributed by atoms with E-state index in [-0.39, 0.29) is 5.56 Å². The maximum Gasteiger partial charge on any atom is 0.267 e. The first-order valence-electron chi connectivity index (χ1n) is 9.18. The fourth-order valence-corrected chi connectivity index (χ4v) is 4.28. The highest BCUT2D eigenvalue weighted by atomic mass is 32.2. The number of hydrogen-bond acceptors (Lipinski definition) is 7. The van der Waals surface area contributed by atoms with Gasteiger partial charge in [-0.1, -0.05) is 12.1 Å². The number of nitrogens with zero attached hydrogens (tertiary/aromatic N) is 1. The van der Waals surface area contributed by atoms with Crippen LogP contribution in [-0.4, -0.2) is 48.3 Å². The second-order valence-electron chi connectivity index (χ2n) is 7.58. The van der Waals surface area contributed by atoms with E-state index in [2.05, 4.69) is 15.0 Å². The molecular weight excluding hydrogens is 424 g/mol. The summed E-state index contributed by atoms with van der Waals surface area (Å²) in [5.74, 6) is -0.995. The Morgan fingerprint density at radius 1 is 1.16 bits per heavy atom. The number of fused-ring (bicyclic) bond motifs is 1. The molecule has 0 fully saturated rings. The van der Waals surface area contributed by atoms with Gasteiger partial charge in [-0.25, -0.2) is 18.6 Å². The zero-order valence-electron chi connectivity index (χ0n) is 17.0. The molecule has 2 aromatic heterocycles. The number of rotatable bonds is 7. The first kappa shape index (κ1) is 22.4. The minimum atomic E-state index is -3.69. The topological polar surface area (TPSA) is 151 Å². The second kappa shape index (κ2) is 8.46. The summed E-state index contributed by atoms with van der Waals surface area (Å²) in [7, 11) is -3.69. The molecule has 1 aromatic carbocycles. The number of hydrogen-bond donors (Lipinski definition) is 4. The number of furan rings is 1. The van der Waals surface area contributed by atoms with Gasteiger partial charge in [0.15, 0.2) is 5.58 Å². The fraction of sp³-hybridized carbons (Fsp3) is 0.250. The zero-order valence-corrected chi connectivity index (χ0v) is 17.9. The summed E-state index contributed by atoms with van der Waals surface area (Å²) in [6.45, 7) is 2.82. The van der Waals surface area contributed by atoms with E-state index < -0.39 is 33.4 Å². The summed E-state index contributed by atoms with van der Waals surface area (Å²) in [5, 5.41) is 12.4. The Balaban J connectivity index is 1.81. The molecule has 10 nitrogen and oxygen atoms in total. The van der Waals surface area contributed by atoms with Crippen LogP contribution in [0.4, 0.5) is 0 Å². The van der Waals surface area contributed by atoms with Crippen molar-refractivity contribution in [3.63, 3.8) is 0 Å². The molecule has 3 aromatic rings. The summed E-state index contributed by atoms with van der Waals surface area (Å²) in [4.78, 5) is 28.8. The van der Waals surface area contributed by atoms with Gasteiger partial charge < -0.3 is 9.73 Å². The monoisotopic (exact) mass is 446 g/mol. The van der Waals surface area contributed by atoms with E-state index in [1.165, 1.54) is 19.3 Å². The Kier molecular flexibility index (Phi) is 6.11. The van der Waals surface area contributed by atoms with Crippen LogP contribution in [0, 0.1) is 0 Å². The van der Waals surface area contributed by atoms with Gasteiger partial charge in [0.05, 0.1) is 18.0 Å². The molecule has 0 saturated carbocycles. The van der Waals surface area contributed by atoms with E-state index in [0.29, 0.717) is 11.3 Å². The van der Waals surface area contributed by atoms with Gasteiger partial charge >= 0.3 is 0 Å². The van der Waals surface area contributed by atoms with Gasteiger partial charge in [-0.15, -0.1) is 0 Å². The molecule has 0 aliphatic heterocycles. The van der Waals surface area contributed by atoms with E-state index in [9.17, 15) is 18.0 Å². The molecule has 0 spiro atoms. The molecule has 164 valence electrons. The Bertz CT molecular complexity index is 1180. The van der Waals surface area contributed by atoms with E-state index >= 15 is 0 Å². The Morgan fingerprint density at radius 3 is 2.42 bits per heavy atom. The van der Waals surface area contributed by atoms with Crippen LogP contribution < -0.4 is 15.5 Å². The largest absolute Gasteiger partial charge is 0.454 e. The lowest BCUT2D eigenvalue weighted by Gasteiger charge is -2.33. The van der Waals surface area contributed by atoms with Crippen LogP contribution in [-0.2, 0) is 14.8 Å². The lowest BCUT2D eigenvalue weighted by molar-refractivity contribution is -0.132. The number of carbonyl (C=O) groups is 2. The highest BCUT2D eigenvalue weighted by Gasteiger charge is 2.38. The van der Waals surface area contributed by atoms with Gasteiger partial charge in [-0.3, -0.25) is 19.8 Å². The predicted molar refractivity (Wildman–Crippen MR) is 113 cm³/mol. The quantitative estimate of drug-likeness (QED) is 0.317. The van der Waals surface area contributed by atoms with Crippen molar-refractivity contribution < 1.29 is 27.6 Å². The Hall–Kier alpha value is -3.28.